The van der Waals surface area contributed by atoms with Gasteiger partial charge in [-0.2, -0.15) is 0 Å². The molecule has 9 heteroatoms. The van der Waals surface area contributed by atoms with E-state index in [9.17, 15) is 30.0 Å². The van der Waals surface area contributed by atoms with Crippen LogP contribution in [0.15, 0.2) is 0 Å². The molecule has 1 aliphatic rings. The van der Waals surface area contributed by atoms with Crippen LogP contribution in [0.3, 0.4) is 0 Å². The van der Waals surface area contributed by atoms with Crippen LogP contribution in [0.5, 0.6) is 0 Å². The average Bonchev–Trinajstić information content (AvgIpc) is 2.30. The van der Waals surface area contributed by atoms with Crippen LogP contribution >= 0.6 is 15.9 Å². The number of carbonyl (C=O) groups excluding carboxylic acids is 2. The molecule has 0 radical (unpaired) electrons. The van der Waals surface area contributed by atoms with Crippen LogP contribution in [0, 0.1) is 0 Å². The number of Topliss-reactive ketones (excluding diaryl/α,β-unsaturated/α-hetero) is 1. The van der Waals surface area contributed by atoms with Crippen molar-refractivity contribution in [2.24, 2.45) is 0 Å². The van der Waals surface area contributed by atoms with Crippen molar-refractivity contribution in [3.63, 3.8) is 0 Å². The Morgan fingerprint density at radius 1 is 1.33 bits per heavy atom. The van der Waals surface area contributed by atoms with Gasteiger partial charge in [0.1, 0.15) is 12.2 Å². The maximum absolute atomic E-state index is 11.3. The first kappa shape index (κ1) is 15.5. The summed E-state index contributed by atoms with van der Waals surface area (Å²) in [6, 6.07) is 0. The van der Waals surface area contributed by atoms with Gasteiger partial charge in [-0.05, 0) is 22.9 Å². The predicted molar refractivity (Wildman–Crippen MR) is 58.4 cm³/mol. The van der Waals surface area contributed by atoms with E-state index in [4.69, 9.17) is 4.74 Å². The minimum atomic E-state index is -2.82. The number of alkyl halides is 1. The fourth-order valence-corrected chi connectivity index (χ4v) is 2.37. The van der Waals surface area contributed by atoms with E-state index in [0.29, 0.717) is 0 Å². The average molecular weight is 329 g/mol. The van der Waals surface area contributed by atoms with E-state index >= 15 is 0 Å². The number of ketones is 1. The lowest BCUT2D eigenvalue weighted by molar-refractivity contribution is -0.324. The highest BCUT2D eigenvalue weighted by Crippen LogP contribution is 2.41. The first-order valence-corrected chi connectivity index (χ1v) is 5.65. The van der Waals surface area contributed by atoms with Crippen LogP contribution in [0.1, 0.15) is 6.92 Å². The Bertz CT molecular complexity index is 370. The molecule has 0 aromatic heterocycles. The summed E-state index contributed by atoms with van der Waals surface area (Å²) in [4.78, 5) is 22.6. The number of aliphatic hydroxyl groups excluding tert-OH is 2. The van der Waals surface area contributed by atoms with E-state index in [1.54, 1.807) is 0 Å². The van der Waals surface area contributed by atoms with E-state index in [-0.39, 0.29) is 0 Å². The number of esters is 1. The highest BCUT2D eigenvalue weighted by molar-refractivity contribution is 9.10. The summed E-state index contributed by atoms with van der Waals surface area (Å²) in [5, 5.41) is 39.1. The van der Waals surface area contributed by atoms with E-state index < -0.39 is 40.4 Å². The molecule has 4 N–H and O–H groups in total. The molecule has 1 aliphatic heterocycles. The van der Waals surface area contributed by atoms with Gasteiger partial charge in [0.15, 0.2) is 11.9 Å². The zero-order valence-electron chi connectivity index (χ0n) is 9.53. The lowest BCUT2D eigenvalue weighted by Gasteiger charge is -2.48. The third kappa shape index (κ3) is 2.06. The SMILES string of the molecule is COC(=O)[C@H]1O[C@@](O)(Br)[C@@](O)(C(C)=O)[C@@H](O)[C@@H]1O. The Kier molecular flexibility index (Phi) is 4.16. The van der Waals surface area contributed by atoms with Gasteiger partial charge in [0, 0.05) is 0 Å². The molecule has 0 unspecified atom stereocenters. The zero-order chi connectivity index (χ0) is 14.3. The zero-order valence-corrected chi connectivity index (χ0v) is 11.1. The molecule has 0 bridgehead atoms. The third-order valence-electron chi connectivity index (χ3n) is 2.79. The first-order chi connectivity index (χ1) is 8.09. The Balaban J connectivity index is 3.19. The normalized spacial score (nSPS) is 44.5. The highest BCUT2D eigenvalue weighted by Gasteiger charge is 2.66. The second-order valence-corrected chi connectivity index (χ2v) is 4.96. The number of halogens is 1. The smallest absolute Gasteiger partial charge is 0.337 e. The van der Waals surface area contributed by atoms with Crippen LogP contribution in [-0.4, -0.2) is 67.9 Å². The summed E-state index contributed by atoms with van der Waals surface area (Å²) in [6.07, 6.45) is -5.84. The fourth-order valence-electron chi connectivity index (χ4n) is 1.65. The summed E-state index contributed by atoms with van der Waals surface area (Å²) >= 11 is 2.51. The largest absolute Gasteiger partial charge is 0.467 e. The Labute approximate surface area is 110 Å². The molecule has 8 nitrogen and oxygen atoms in total. The van der Waals surface area contributed by atoms with Gasteiger partial charge < -0.3 is 29.9 Å². The number of carbonyl (C=O) groups is 2. The summed E-state index contributed by atoms with van der Waals surface area (Å²) in [6.45, 7) is 0.879. The van der Waals surface area contributed by atoms with Gasteiger partial charge >= 0.3 is 5.97 Å². The molecule has 0 aliphatic carbocycles. The molecular weight excluding hydrogens is 316 g/mol. The molecule has 0 aromatic rings. The number of rotatable bonds is 2. The van der Waals surface area contributed by atoms with Crippen LogP contribution in [-0.2, 0) is 19.1 Å². The molecule has 104 valence electrons. The van der Waals surface area contributed by atoms with Crippen LogP contribution < -0.4 is 0 Å². The van der Waals surface area contributed by atoms with Crippen molar-refractivity contribution in [3.8, 4) is 0 Å². The van der Waals surface area contributed by atoms with Crippen LogP contribution in [0.25, 0.3) is 0 Å². The van der Waals surface area contributed by atoms with Crippen molar-refractivity contribution in [3.05, 3.63) is 0 Å². The lowest BCUT2D eigenvalue weighted by Crippen LogP contribution is -2.74. The predicted octanol–water partition coefficient (Wildman–Crippen LogP) is -2.36. The molecule has 0 spiro atoms. The van der Waals surface area contributed by atoms with Crippen molar-refractivity contribution in [1.82, 2.24) is 0 Å². The second-order valence-electron chi connectivity index (χ2n) is 3.88. The van der Waals surface area contributed by atoms with E-state index in [2.05, 4.69) is 20.7 Å². The molecule has 0 aromatic carbocycles. The minimum Gasteiger partial charge on any atom is -0.467 e. The van der Waals surface area contributed by atoms with E-state index in [0.717, 1.165) is 14.0 Å². The van der Waals surface area contributed by atoms with Gasteiger partial charge in [0.05, 0.1) is 7.11 Å². The monoisotopic (exact) mass is 328 g/mol. The minimum absolute atomic E-state index is 0.879. The quantitative estimate of drug-likeness (QED) is 0.327. The highest BCUT2D eigenvalue weighted by atomic mass is 79.9. The molecular formula is C9H13BrO8. The maximum Gasteiger partial charge on any atom is 0.337 e. The molecule has 1 saturated heterocycles. The van der Waals surface area contributed by atoms with Crippen molar-refractivity contribution < 1.29 is 39.5 Å². The lowest BCUT2D eigenvalue weighted by atomic mass is 9.83. The third-order valence-corrected chi connectivity index (χ3v) is 3.58. The van der Waals surface area contributed by atoms with Gasteiger partial charge in [-0.25, -0.2) is 4.79 Å². The van der Waals surface area contributed by atoms with E-state index in [1.165, 1.54) is 0 Å². The number of ether oxygens (including phenoxy) is 2. The fraction of sp³-hybridized carbons (Fsp3) is 0.778. The molecule has 1 heterocycles. The van der Waals surface area contributed by atoms with Crippen molar-refractivity contribution >= 4 is 27.7 Å². The van der Waals surface area contributed by atoms with Gasteiger partial charge in [0.2, 0.25) is 5.60 Å². The second kappa shape index (κ2) is 4.83. The number of hydrogen-bond acceptors (Lipinski definition) is 8. The summed E-state index contributed by atoms with van der Waals surface area (Å²) in [5.41, 5.74) is -2.82. The van der Waals surface area contributed by atoms with Gasteiger partial charge in [0.25, 0.3) is 4.70 Å². The first-order valence-electron chi connectivity index (χ1n) is 4.86. The van der Waals surface area contributed by atoms with Gasteiger partial charge in [-0.15, -0.1) is 0 Å². The number of aliphatic hydroxyl groups is 4. The molecule has 1 rings (SSSR count). The number of methoxy groups -OCH3 is 1. The topological polar surface area (TPSA) is 134 Å². The van der Waals surface area contributed by atoms with Crippen LogP contribution in [0.2, 0.25) is 0 Å². The maximum atomic E-state index is 11.3. The van der Waals surface area contributed by atoms with Crippen molar-refractivity contribution in [2.75, 3.05) is 7.11 Å². The number of hydrogen-bond donors (Lipinski definition) is 4. The summed E-state index contributed by atoms with van der Waals surface area (Å²) in [5.74, 6) is -2.14. The van der Waals surface area contributed by atoms with Crippen molar-refractivity contribution in [2.45, 2.75) is 35.5 Å². The van der Waals surface area contributed by atoms with Crippen molar-refractivity contribution in [1.29, 1.82) is 0 Å². The van der Waals surface area contributed by atoms with E-state index in [1.807, 2.05) is 0 Å². The molecule has 0 saturated carbocycles. The van der Waals surface area contributed by atoms with Gasteiger partial charge in [-0.3, -0.25) is 4.79 Å². The van der Waals surface area contributed by atoms with Crippen LogP contribution in [0.4, 0.5) is 0 Å². The Morgan fingerprint density at radius 2 is 1.83 bits per heavy atom. The summed E-state index contributed by atoms with van der Waals surface area (Å²) in [7, 11) is 1.00. The molecule has 18 heavy (non-hydrogen) atoms. The Hall–Kier alpha value is -0.580. The van der Waals surface area contributed by atoms with Gasteiger partial charge in [-0.1, -0.05) is 0 Å². The standard InChI is InChI=1S/C9H13BrO8/c1-3(11)8(15)6(13)4(12)5(7(14)17-2)18-9(8,10)16/h4-6,12-13,15-16H,1-2H3/t4-,5+,6+,8-,9-/m1/s1. The molecule has 0 amide bonds. The summed E-state index contributed by atoms with van der Waals surface area (Å²) < 4.78 is 6.27. The molecule has 5 atom stereocenters. The molecule has 1 fully saturated rings. The Morgan fingerprint density at radius 3 is 2.22 bits per heavy atom.